The number of hydrogen-bond donors (Lipinski definition) is 1. The Kier molecular flexibility index (Phi) is 8.36. The van der Waals surface area contributed by atoms with Crippen LogP contribution in [-0.2, 0) is 22.6 Å². The van der Waals surface area contributed by atoms with Gasteiger partial charge in [0.05, 0.1) is 46.4 Å². The Morgan fingerprint density at radius 2 is 2.02 bits per heavy atom. The standard InChI is InChI=1S/C39H37Cl2FN6O2S/c1-19-18-51-32(45-19)17-50-24-13-30(47(16-24)39(49)21-8-9-21)31-14-26-20(2)46-36-27(38(26)48(31)37-23-12-29(37)44-15-23)11-22(5-4-10-43)33(35(36)42)25-6-3-7-28(40)34(25)41/h3,6-7,11,14,18,21,23-24,29-30,37,44H,4-5,8-9,12-13,15-17H2,1-2H3. The highest BCUT2D eigenvalue weighted by atomic mass is 35.5. The number of hydrogen-bond acceptors (Lipinski definition) is 7. The monoisotopic (exact) mass is 742 g/mol. The molecule has 1 amide bonds. The van der Waals surface area contributed by atoms with E-state index >= 15 is 4.39 Å². The fraction of sp³-hybridized carbons (Fsp3) is 0.436. The second kappa shape index (κ2) is 12.8. The van der Waals surface area contributed by atoms with E-state index in [4.69, 9.17) is 32.9 Å². The van der Waals surface area contributed by atoms with E-state index in [0.717, 1.165) is 53.1 Å². The average molecular weight is 744 g/mol. The highest BCUT2D eigenvalue weighted by Crippen LogP contribution is 2.51. The highest BCUT2D eigenvalue weighted by Gasteiger charge is 2.51. The van der Waals surface area contributed by atoms with Crippen LogP contribution in [0.2, 0.25) is 10.0 Å². The summed E-state index contributed by atoms with van der Waals surface area (Å²) in [6.45, 7) is 5.77. The second-order valence-electron chi connectivity index (χ2n) is 14.6. The van der Waals surface area contributed by atoms with Crippen LogP contribution in [0.5, 0.6) is 0 Å². The van der Waals surface area contributed by atoms with Crippen LogP contribution >= 0.6 is 34.5 Å². The summed E-state index contributed by atoms with van der Waals surface area (Å²) in [5.41, 5.74) is 5.42. The van der Waals surface area contributed by atoms with Gasteiger partial charge in [-0.3, -0.25) is 4.79 Å². The summed E-state index contributed by atoms with van der Waals surface area (Å²) in [6, 6.07) is 11.9. The number of carbonyl (C=O) groups is 1. The number of halogens is 3. The molecule has 5 aliphatic rings. The molecule has 51 heavy (non-hydrogen) atoms. The summed E-state index contributed by atoms with van der Waals surface area (Å²) in [5, 5.41) is 18.5. The molecule has 2 bridgehead atoms. The molecule has 0 spiro atoms. The zero-order chi connectivity index (χ0) is 35.1. The summed E-state index contributed by atoms with van der Waals surface area (Å²) in [6.07, 6.45) is 4.00. The Balaban J connectivity index is 1.23. The number of fused-ring (bicyclic) bond motifs is 4. The summed E-state index contributed by atoms with van der Waals surface area (Å²) in [4.78, 5) is 25.5. The van der Waals surface area contributed by atoms with Crippen LogP contribution in [0.25, 0.3) is 32.9 Å². The molecule has 2 aliphatic carbocycles. The first-order valence-electron chi connectivity index (χ1n) is 17.8. The minimum Gasteiger partial charge on any atom is -0.369 e. The molecule has 1 N–H and O–H groups in total. The molecule has 0 radical (unpaired) electrons. The third-order valence-corrected chi connectivity index (χ3v) is 13.1. The second-order valence-corrected chi connectivity index (χ2v) is 16.3. The van der Waals surface area contributed by atoms with E-state index in [1.54, 1.807) is 29.5 Å². The number of pyridine rings is 1. The number of benzene rings is 2. The van der Waals surface area contributed by atoms with E-state index < -0.39 is 5.82 Å². The van der Waals surface area contributed by atoms with E-state index in [9.17, 15) is 10.1 Å². The first-order valence-corrected chi connectivity index (χ1v) is 19.4. The maximum atomic E-state index is 17.2. The van der Waals surface area contributed by atoms with Gasteiger partial charge < -0.3 is 19.5 Å². The number of ether oxygens (including phenoxy) is 1. The zero-order valence-electron chi connectivity index (χ0n) is 28.4. The molecule has 3 saturated heterocycles. The minimum atomic E-state index is -0.476. The van der Waals surface area contributed by atoms with Crippen molar-refractivity contribution in [1.82, 2.24) is 24.8 Å². The van der Waals surface area contributed by atoms with Crippen LogP contribution in [-0.4, -0.2) is 50.6 Å². The Morgan fingerprint density at radius 3 is 2.73 bits per heavy atom. The molecule has 3 aromatic heterocycles. The van der Waals surface area contributed by atoms with Gasteiger partial charge in [0.2, 0.25) is 5.91 Å². The molecule has 5 aromatic rings. The lowest BCUT2D eigenvalue weighted by Gasteiger charge is -2.39. The number of amides is 1. The first-order chi connectivity index (χ1) is 24.7. The number of rotatable bonds is 9. The minimum absolute atomic E-state index is 0.0602. The number of thiazole rings is 1. The molecule has 8 nitrogen and oxygen atoms in total. The lowest BCUT2D eigenvalue weighted by atomic mass is 9.79. The van der Waals surface area contributed by atoms with Crippen LogP contribution in [0.15, 0.2) is 35.7 Å². The van der Waals surface area contributed by atoms with Gasteiger partial charge >= 0.3 is 0 Å². The fourth-order valence-electron chi connectivity index (χ4n) is 8.76. The van der Waals surface area contributed by atoms with Crippen molar-refractivity contribution in [2.75, 3.05) is 13.1 Å². The van der Waals surface area contributed by atoms with Gasteiger partial charge in [0.1, 0.15) is 10.5 Å². The van der Waals surface area contributed by atoms with Crippen LogP contribution in [0.3, 0.4) is 0 Å². The van der Waals surface area contributed by atoms with Crippen molar-refractivity contribution < 1.29 is 13.9 Å². The summed E-state index contributed by atoms with van der Waals surface area (Å²) < 4.78 is 26.1. The van der Waals surface area contributed by atoms with Gasteiger partial charge in [-0.15, -0.1) is 11.3 Å². The van der Waals surface area contributed by atoms with Crippen LogP contribution in [0, 0.1) is 42.8 Å². The molecule has 262 valence electrons. The smallest absolute Gasteiger partial charge is 0.226 e. The Labute approximate surface area is 309 Å². The van der Waals surface area contributed by atoms with Crippen molar-refractivity contribution in [2.45, 2.75) is 83.2 Å². The largest absolute Gasteiger partial charge is 0.369 e. The van der Waals surface area contributed by atoms with E-state index in [1.165, 1.54) is 0 Å². The van der Waals surface area contributed by atoms with Crippen LogP contribution in [0.4, 0.5) is 4.39 Å². The van der Waals surface area contributed by atoms with Crippen molar-refractivity contribution in [3.63, 3.8) is 0 Å². The van der Waals surface area contributed by atoms with E-state index in [0.29, 0.717) is 64.7 Å². The molecule has 6 heterocycles. The summed E-state index contributed by atoms with van der Waals surface area (Å²) in [7, 11) is 0. The molecule has 2 saturated carbocycles. The van der Waals surface area contributed by atoms with Gasteiger partial charge in [-0.1, -0.05) is 35.3 Å². The number of aromatic nitrogens is 3. The fourth-order valence-corrected chi connectivity index (χ4v) is 9.85. The Morgan fingerprint density at radius 1 is 1.18 bits per heavy atom. The van der Waals surface area contributed by atoms with Gasteiger partial charge in [-0.05, 0) is 69.2 Å². The quantitative estimate of drug-likeness (QED) is 0.163. The molecule has 5 unspecified atom stereocenters. The zero-order valence-corrected chi connectivity index (χ0v) is 30.7. The van der Waals surface area contributed by atoms with Gasteiger partial charge in [-0.25, -0.2) is 14.4 Å². The molecule has 12 heteroatoms. The number of carbonyl (C=O) groups excluding carboxylic acids is 1. The van der Waals surface area contributed by atoms with Crippen molar-refractivity contribution in [1.29, 1.82) is 5.26 Å². The van der Waals surface area contributed by atoms with Gasteiger partial charge in [0.25, 0.3) is 0 Å². The number of likely N-dealkylation sites (tertiary alicyclic amines) is 1. The molecule has 10 rings (SSSR count). The molecule has 2 aromatic carbocycles. The Hall–Kier alpha value is -3.59. The Bertz CT molecular complexity index is 2260. The van der Waals surface area contributed by atoms with Crippen molar-refractivity contribution in [2.24, 2.45) is 11.8 Å². The lowest BCUT2D eigenvalue weighted by Crippen LogP contribution is -2.41. The number of nitriles is 1. The van der Waals surface area contributed by atoms with Crippen LogP contribution in [0.1, 0.15) is 71.8 Å². The summed E-state index contributed by atoms with van der Waals surface area (Å²) >= 11 is 14.7. The van der Waals surface area contributed by atoms with E-state index in [1.807, 2.05) is 25.3 Å². The summed E-state index contributed by atoms with van der Waals surface area (Å²) in [5.74, 6) is 0.200. The molecule has 5 fully saturated rings. The average Bonchev–Trinajstić information content (AvgIpc) is 3.55. The molecule has 3 aliphatic heterocycles. The SMILES string of the molecule is Cc1csc(COC2CC(c3cc4c(C)nc5c(F)c(-c6cccc(Cl)c6Cl)c(CCC#N)cc5c4n3C3C4CNC3C4)N(C(=O)C3CC3)C2)n1. The van der Waals surface area contributed by atoms with Gasteiger partial charge in [0.15, 0.2) is 5.82 Å². The van der Waals surface area contributed by atoms with E-state index in [-0.39, 0.29) is 53.0 Å². The highest BCUT2D eigenvalue weighted by molar-refractivity contribution is 7.09. The third-order valence-electron chi connectivity index (χ3n) is 11.4. The predicted octanol–water partition coefficient (Wildman–Crippen LogP) is 8.63. The van der Waals surface area contributed by atoms with E-state index in [2.05, 4.69) is 31.9 Å². The predicted molar refractivity (Wildman–Crippen MR) is 197 cm³/mol. The van der Waals surface area contributed by atoms with Crippen molar-refractivity contribution >= 4 is 62.3 Å². The number of nitrogens with zero attached hydrogens (tertiary/aromatic N) is 5. The maximum Gasteiger partial charge on any atom is 0.226 e. The lowest BCUT2D eigenvalue weighted by molar-refractivity contribution is -0.134. The molecular weight excluding hydrogens is 706 g/mol. The first kappa shape index (κ1) is 33.3. The topological polar surface area (TPSA) is 96.1 Å². The third kappa shape index (κ3) is 5.55. The van der Waals surface area contributed by atoms with Gasteiger partial charge in [0, 0.05) is 82.3 Å². The molecule has 5 atom stereocenters. The van der Waals surface area contributed by atoms with Crippen molar-refractivity contribution in [3.05, 3.63) is 79.2 Å². The maximum absolute atomic E-state index is 17.2. The molecular formula is C39H37Cl2FN6O2S. The van der Waals surface area contributed by atoms with Crippen molar-refractivity contribution in [3.8, 4) is 17.2 Å². The number of aryl methyl sites for hydroxylation is 3. The van der Waals surface area contributed by atoms with Crippen LogP contribution < -0.4 is 5.32 Å². The van der Waals surface area contributed by atoms with Gasteiger partial charge in [-0.2, -0.15) is 5.26 Å². The number of nitrogens with one attached hydrogen (secondary N) is 1. The normalized spacial score (nSPS) is 24.1.